The molecule has 0 spiro atoms. The van der Waals surface area contributed by atoms with E-state index < -0.39 is 0 Å². The van der Waals surface area contributed by atoms with Crippen LogP contribution in [0.15, 0.2) is 35.3 Å². The van der Waals surface area contributed by atoms with Crippen molar-refractivity contribution in [1.29, 1.82) is 0 Å². The molecule has 2 heterocycles. The number of hydrazine groups is 1. The average molecular weight is 327 g/mol. The summed E-state index contributed by atoms with van der Waals surface area (Å²) in [5, 5.41) is 0.372. The molecule has 8 nitrogen and oxygen atoms in total. The van der Waals surface area contributed by atoms with E-state index >= 15 is 0 Å². The molecule has 0 amide bonds. The Labute approximate surface area is 137 Å². The van der Waals surface area contributed by atoms with Gasteiger partial charge >= 0.3 is 0 Å². The first-order chi connectivity index (χ1) is 11.6. The number of fused-ring (bicyclic) bond motifs is 1. The van der Waals surface area contributed by atoms with Gasteiger partial charge in [-0.1, -0.05) is 6.07 Å². The van der Waals surface area contributed by atoms with E-state index in [4.69, 9.17) is 15.3 Å². The zero-order valence-corrected chi connectivity index (χ0v) is 13.5. The van der Waals surface area contributed by atoms with E-state index in [0.717, 1.165) is 5.56 Å². The van der Waals surface area contributed by atoms with E-state index in [-0.39, 0.29) is 11.5 Å². The van der Waals surface area contributed by atoms with E-state index in [2.05, 4.69) is 15.4 Å². The summed E-state index contributed by atoms with van der Waals surface area (Å²) < 4.78 is 11.9. The zero-order chi connectivity index (χ0) is 17.3. The van der Waals surface area contributed by atoms with E-state index in [0.29, 0.717) is 28.2 Å². The molecule has 0 fully saturated rings. The van der Waals surface area contributed by atoms with Gasteiger partial charge in [0.05, 0.1) is 25.1 Å². The van der Waals surface area contributed by atoms with E-state index in [1.54, 1.807) is 24.4 Å². The maximum absolute atomic E-state index is 13.0. The first kappa shape index (κ1) is 15.8. The number of hydrogen-bond donors (Lipinski definition) is 2. The molecule has 8 heteroatoms. The molecule has 0 bridgehead atoms. The number of nitrogen functional groups attached to an aromatic ring is 1. The molecular formula is C16H17N5O3. The summed E-state index contributed by atoms with van der Waals surface area (Å²) in [5.41, 5.74) is 3.41. The van der Waals surface area contributed by atoms with Crippen molar-refractivity contribution in [2.75, 3.05) is 19.6 Å². The zero-order valence-electron chi connectivity index (χ0n) is 13.5. The highest BCUT2D eigenvalue weighted by Gasteiger charge is 2.17. The van der Waals surface area contributed by atoms with E-state index in [1.165, 1.54) is 18.8 Å². The number of aromatic nitrogens is 3. The van der Waals surface area contributed by atoms with Crippen LogP contribution in [0.1, 0.15) is 5.56 Å². The summed E-state index contributed by atoms with van der Waals surface area (Å²) >= 11 is 0. The Morgan fingerprint density at radius 2 is 1.92 bits per heavy atom. The number of methoxy groups -OCH3 is 2. The molecule has 3 rings (SSSR count). The van der Waals surface area contributed by atoms with Crippen molar-refractivity contribution in [3.8, 4) is 17.3 Å². The topological polar surface area (TPSA) is 104 Å². The lowest BCUT2D eigenvalue weighted by Crippen LogP contribution is -2.27. The van der Waals surface area contributed by atoms with E-state index in [1.807, 2.05) is 13.0 Å². The monoisotopic (exact) mass is 327 g/mol. The van der Waals surface area contributed by atoms with Crippen molar-refractivity contribution in [3.05, 3.63) is 46.4 Å². The summed E-state index contributed by atoms with van der Waals surface area (Å²) in [5.74, 6) is 7.13. The molecule has 1 aromatic carbocycles. The Morgan fingerprint density at radius 1 is 1.21 bits per heavy atom. The van der Waals surface area contributed by atoms with Crippen molar-refractivity contribution in [2.24, 2.45) is 5.84 Å². The second-order valence-corrected chi connectivity index (χ2v) is 5.09. The Kier molecular flexibility index (Phi) is 4.05. The van der Waals surface area contributed by atoms with Crippen LogP contribution in [0.4, 0.5) is 5.95 Å². The fraction of sp³-hybridized carbons (Fsp3) is 0.188. The summed E-state index contributed by atoms with van der Waals surface area (Å²) in [7, 11) is 3.03. The maximum atomic E-state index is 13.0. The van der Waals surface area contributed by atoms with Gasteiger partial charge in [0.15, 0.2) is 11.5 Å². The second-order valence-electron chi connectivity index (χ2n) is 5.09. The number of aryl methyl sites for hydroxylation is 1. The van der Waals surface area contributed by atoms with Crippen LogP contribution < -0.4 is 26.3 Å². The van der Waals surface area contributed by atoms with Gasteiger partial charge in [-0.3, -0.25) is 10.2 Å². The predicted molar refractivity (Wildman–Crippen MR) is 90.8 cm³/mol. The van der Waals surface area contributed by atoms with Gasteiger partial charge in [-0.05, 0) is 24.6 Å². The van der Waals surface area contributed by atoms with Gasteiger partial charge in [-0.25, -0.2) is 20.4 Å². The molecule has 0 unspecified atom stereocenters. The van der Waals surface area contributed by atoms with Gasteiger partial charge in [-0.15, -0.1) is 0 Å². The molecule has 0 saturated heterocycles. The number of nitrogens with zero attached hydrogens (tertiary/aromatic N) is 3. The van der Waals surface area contributed by atoms with Gasteiger partial charge < -0.3 is 9.47 Å². The number of rotatable bonds is 4. The van der Waals surface area contributed by atoms with Crippen LogP contribution in [0.25, 0.3) is 16.7 Å². The lowest BCUT2D eigenvalue weighted by atomic mass is 10.2. The molecule has 3 aromatic rings. The van der Waals surface area contributed by atoms with Gasteiger partial charge in [0.25, 0.3) is 5.56 Å². The number of anilines is 1. The standard InChI is InChI=1S/C16H17N5O3/c1-9-5-4-6-18-14(9)21-15(22)10-7-12(23-2)13(24-3)8-11(10)19-16(21)20-17/h4-8H,17H2,1-3H3,(H,19,20). The fourth-order valence-corrected chi connectivity index (χ4v) is 2.52. The Hall–Kier alpha value is -3.13. The number of nitrogens with one attached hydrogen (secondary N) is 1. The molecule has 0 atom stereocenters. The molecule has 3 N–H and O–H groups in total. The highest BCUT2D eigenvalue weighted by molar-refractivity contribution is 5.83. The molecule has 24 heavy (non-hydrogen) atoms. The Balaban J connectivity index is 2.41. The number of hydrogen-bond acceptors (Lipinski definition) is 7. The fourth-order valence-electron chi connectivity index (χ4n) is 2.52. The second kappa shape index (κ2) is 6.17. The maximum Gasteiger partial charge on any atom is 0.268 e. The molecule has 0 saturated carbocycles. The highest BCUT2D eigenvalue weighted by atomic mass is 16.5. The molecule has 0 aliphatic rings. The van der Waals surface area contributed by atoms with Crippen molar-refractivity contribution in [1.82, 2.24) is 14.5 Å². The summed E-state index contributed by atoms with van der Waals surface area (Å²) in [6.07, 6.45) is 1.61. The molecule has 124 valence electrons. The summed E-state index contributed by atoms with van der Waals surface area (Å²) in [4.78, 5) is 21.7. The van der Waals surface area contributed by atoms with Crippen molar-refractivity contribution < 1.29 is 9.47 Å². The highest BCUT2D eigenvalue weighted by Crippen LogP contribution is 2.30. The third-order valence-corrected chi connectivity index (χ3v) is 3.70. The molecule has 0 aliphatic carbocycles. The first-order valence-electron chi connectivity index (χ1n) is 7.18. The Morgan fingerprint density at radius 3 is 2.54 bits per heavy atom. The molecule has 0 aliphatic heterocycles. The Bertz CT molecular complexity index is 968. The SMILES string of the molecule is COc1cc2nc(NN)n(-c3ncccc3C)c(=O)c2cc1OC. The lowest BCUT2D eigenvalue weighted by molar-refractivity contribution is 0.355. The third-order valence-electron chi connectivity index (χ3n) is 3.70. The number of pyridine rings is 1. The van der Waals surface area contributed by atoms with Crippen molar-refractivity contribution >= 4 is 16.9 Å². The van der Waals surface area contributed by atoms with Crippen LogP contribution in [0.2, 0.25) is 0 Å². The lowest BCUT2D eigenvalue weighted by Gasteiger charge is -2.15. The predicted octanol–water partition coefficient (Wildman–Crippen LogP) is 1.39. The largest absolute Gasteiger partial charge is 0.493 e. The molecular weight excluding hydrogens is 310 g/mol. The van der Waals surface area contributed by atoms with Crippen LogP contribution in [0.3, 0.4) is 0 Å². The van der Waals surface area contributed by atoms with Crippen LogP contribution in [0, 0.1) is 6.92 Å². The van der Waals surface area contributed by atoms with Crippen molar-refractivity contribution in [2.45, 2.75) is 6.92 Å². The summed E-state index contributed by atoms with van der Waals surface area (Å²) in [6, 6.07) is 6.88. The van der Waals surface area contributed by atoms with Crippen molar-refractivity contribution in [3.63, 3.8) is 0 Å². The van der Waals surface area contributed by atoms with Crippen LogP contribution in [0.5, 0.6) is 11.5 Å². The van der Waals surface area contributed by atoms with Gasteiger partial charge in [0, 0.05) is 12.3 Å². The number of nitrogens with two attached hydrogens (primary N) is 1. The van der Waals surface area contributed by atoms with Gasteiger partial charge in [-0.2, -0.15) is 0 Å². The normalized spacial score (nSPS) is 10.7. The van der Waals surface area contributed by atoms with Crippen LogP contribution in [-0.4, -0.2) is 28.8 Å². The smallest absolute Gasteiger partial charge is 0.268 e. The third kappa shape index (κ3) is 2.42. The summed E-state index contributed by atoms with van der Waals surface area (Å²) in [6.45, 7) is 1.86. The minimum atomic E-state index is -0.310. The number of benzene rings is 1. The number of ether oxygens (including phenoxy) is 2. The van der Waals surface area contributed by atoms with Gasteiger partial charge in [0.2, 0.25) is 5.95 Å². The average Bonchev–Trinajstić information content (AvgIpc) is 2.61. The molecule has 0 radical (unpaired) electrons. The van der Waals surface area contributed by atoms with Crippen LogP contribution in [-0.2, 0) is 0 Å². The van der Waals surface area contributed by atoms with Gasteiger partial charge in [0.1, 0.15) is 5.82 Å². The first-order valence-corrected chi connectivity index (χ1v) is 7.18. The quantitative estimate of drug-likeness (QED) is 0.551. The van der Waals surface area contributed by atoms with Crippen LogP contribution >= 0.6 is 0 Å². The minimum Gasteiger partial charge on any atom is -0.493 e. The molecule has 2 aromatic heterocycles. The minimum absolute atomic E-state index is 0.182. The van der Waals surface area contributed by atoms with E-state index in [9.17, 15) is 4.79 Å².